The van der Waals surface area contributed by atoms with Crippen LogP contribution >= 0.6 is 0 Å². The van der Waals surface area contributed by atoms with Crippen molar-refractivity contribution in [2.24, 2.45) is 5.73 Å². The van der Waals surface area contributed by atoms with Crippen LogP contribution in [0.15, 0.2) is 18.3 Å². The SMILES string of the molecule is C[C@H](O)c1ccc(N(C)CC(N)=O)nc1. The lowest BCUT2D eigenvalue weighted by Crippen LogP contribution is -2.31. The third kappa shape index (κ3) is 3.21. The average Bonchev–Trinajstić information content (AvgIpc) is 2.17. The first-order valence-electron chi connectivity index (χ1n) is 4.64. The van der Waals surface area contributed by atoms with Crippen molar-refractivity contribution in [3.05, 3.63) is 23.9 Å². The Morgan fingerprint density at radius 1 is 1.67 bits per heavy atom. The number of anilines is 1. The lowest BCUT2D eigenvalue weighted by Gasteiger charge is -2.16. The smallest absolute Gasteiger partial charge is 0.236 e. The summed E-state index contributed by atoms with van der Waals surface area (Å²) in [5, 5.41) is 9.27. The lowest BCUT2D eigenvalue weighted by atomic mass is 10.2. The number of likely N-dealkylation sites (N-methyl/N-ethyl adjacent to an activating group) is 1. The summed E-state index contributed by atoms with van der Waals surface area (Å²) < 4.78 is 0. The van der Waals surface area contributed by atoms with Crippen LogP contribution in [0.5, 0.6) is 0 Å². The zero-order valence-corrected chi connectivity index (χ0v) is 8.84. The summed E-state index contributed by atoms with van der Waals surface area (Å²) in [6.45, 7) is 1.80. The van der Waals surface area contributed by atoms with Crippen molar-refractivity contribution >= 4 is 11.7 Å². The summed E-state index contributed by atoms with van der Waals surface area (Å²) in [5.74, 6) is 0.247. The molecule has 0 spiro atoms. The third-order valence-electron chi connectivity index (χ3n) is 2.04. The average molecular weight is 209 g/mol. The molecule has 0 aliphatic carbocycles. The fraction of sp³-hybridized carbons (Fsp3) is 0.400. The molecule has 5 heteroatoms. The first kappa shape index (κ1) is 11.5. The van der Waals surface area contributed by atoms with Crippen molar-refractivity contribution in [3.8, 4) is 0 Å². The highest BCUT2D eigenvalue weighted by molar-refractivity contribution is 5.78. The molecule has 15 heavy (non-hydrogen) atoms. The van der Waals surface area contributed by atoms with Crippen LogP contribution in [0.3, 0.4) is 0 Å². The van der Waals surface area contributed by atoms with E-state index in [2.05, 4.69) is 4.98 Å². The molecule has 5 nitrogen and oxygen atoms in total. The molecule has 1 amide bonds. The Balaban J connectivity index is 2.75. The van der Waals surface area contributed by atoms with Gasteiger partial charge in [-0.15, -0.1) is 0 Å². The molecule has 3 N–H and O–H groups in total. The maximum absolute atomic E-state index is 10.7. The van der Waals surface area contributed by atoms with E-state index < -0.39 is 12.0 Å². The number of amides is 1. The Kier molecular flexibility index (Phi) is 3.62. The number of aliphatic hydroxyl groups excluding tert-OH is 1. The number of aliphatic hydroxyl groups is 1. The van der Waals surface area contributed by atoms with Crippen molar-refractivity contribution in [2.75, 3.05) is 18.5 Å². The van der Waals surface area contributed by atoms with Crippen LogP contribution in [0.2, 0.25) is 0 Å². The summed E-state index contributed by atoms with van der Waals surface area (Å²) >= 11 is 0. The minimum atomic E-state index is -0.534. The molecule has 0 radical (unpaired) electrons. The molecule has 1 heterocycles. The quantitative estimate of drug-likeness (QED) is 0.734. The number of nitrogens with zero attached hydrogens (tertiary/aromatic N) is 2. The van der Waals surface area contributed by atoms with E-state index in [1.54, 1.807) is 37.2 Å². The molecule has 0 aliphatic rings. The number of hydrogen-bond donors (Lipinski definition) is 2. The summed E-state index contributed by atoms with van der Waals surface area (Å²) in [5.41, 5.74) is 5.80. The third-order valence-corrected chi connectivity index (χ3v) is 2.04. The predicted molar refractivity (Wildman–Crippen MR) is 57.3 cm³/mol. The molecule has 1 aromatic heterocycles. The van der Waals surface area contributed by atoms with E-state index in [0.29, 0.717) is 5.82 Å². The molecule has 82 valence electrons. The Morgan fingerprint density at radius 3 is 2.73 bits per heavy atom. The highest BCUT2D eigenvalue weighted by Crippen LogP contribution is 2.14. The number of pyridine rings is 1. The minimum absolute atomic E-state index is 0.126. The first-order chi connectivity index (χ1) is 7.00. The van der Waals surface area contributed by atoms with Gasteiger partial charge in [0.1, 0.15) is 5.82 Å². The standard InChI is InChI=1S/C10H15N3O2/c1-7(14)8-3-4-10(12-5-8)13(2)6-9(11)15/h3-5,7,14H,6H2,1-2H3,(H2,11,15)/t7-/m0/s1. The second-order valence-electron chi connectivity index (χ2n) is 3.45. The van der Waals surface area contributed by atoms with Crippen molar-refractivity contribution in [2.45, 2.75) is 13.0 Å². The largest absolute Gasteiger partial charge is 0.389 e. The normalized spacial score (nSPS) is 12.2. The van der Waals surface area contributed by atoms with Crippen molar-refractivity contribution in [1.82, 2.24) is 4.98 Å². The number of hydrogen-bond acceptors (Lipinski definition) is 4. The van der Waals surface area contributed by atoms with Crippen LogP contribution in [0.4, 0.5) is 5.82 Å². The van der Waals surface area contributed by atoms with Crippen LogP contribution in [0, 0.1) is 0 Å². The van der Waals surface area contributed by atoms with E-state index in [9.17, 15) is 9.90 Å². The van der Waals surface area contributed by atoms with Gasteiger partial charge in [0, 0.05) is 13.2 Å². The molecule has 0 fully saturated rings. The van der Waals surface area contributed by atoms with Crippen LogP contribution in [-0.4, -0.2) is 29.6 Å². The van der Waals surface area contributed by atoms with Gasteiger partial charge in [-0.25, -0.2) is 4.98 Å². The first-order valence-corrected chi connectivity index (χ1v) is 4.64. The maximum atomic E-state index is 10.7. The second kappa shape index (κ2) is 4.75. The maximum Gasteiger partial charge on any atom is 0.236 e. The highest BCUT2D eigenvalue weighted by atomic mass is 16.3. The van der Waals surface area contributed by atoms with Crippen LogP contribution in [0.1, 0.15) is 18.6 Å². The van der Waals surface area contributed by atoms with Gasteiger partial charge >= 0.3 is 0 Å². The number of nitrogens with two attached hydrogens (primary N) is 1. The van der Waals surface area contributed by atoms with Gasteiger partial charge in [-0.05, 0) is 18.6 Å². The summed E-state index contributed by atoms with van der Waals surface area (Å²) in [7, 11) is 1.73. The van der Waals surface area contributed by atoms with Gasteiger partial charge in [-0.1, -0.05) is 6.07 Å². The Hall–Kier alpha value is -1.62. The summed E-state index contributed by atoms with van der Waals surface area (Å²) in [6.07, 6.45) is 1.05. The fourth-order valence-corrected chi connectivity index (χ4v) is 1.19. The van der Waals surface area contributed by atoms with E-state index in [0.717, 1.165) is 5.56 Å². The van der Waals surface area contributed by atoms with Gasteiger partial charge in [0.15, 0.2) is 0 Å². The monoisotopic (exact) mass is 209 g/mol. The zero-order valence-electron chi connectivity index (χ0n) is 8.84. The van der Waals surface area contributed by atoms with E-state index in [1.807, 2.05) is 0 Å². The Morgan fingerprint density at radius 2 is 2.33 bits per heavy atom. The molecule has 0 unspecified atom stereocenters. The van der Waals surface area contributed by atoms with Gasteiger partial charge in [0.2, 0.25) is 5.91 Å². The van der Waals surface area contributed by atoms with Gasteiger partial charge in [0.05, 0.1) is 12.6 Å². The lowest BCUT2D eigenvalue weighted by molar-refractivity contribution is -0.116. The molecular weight excluding hydrogens is 194 g/mol. The molecule has 1 atom stereocenters. The number of carbonyl (C=O) groups excluding carboxylic acids is 1. The molecule has 0 aliphatic heterocycles. The van der Waals surface area contributed by atoms with Gasteiger partial charge in [-0.2, -0.15) is 0 Å². The van der Waals surface area contributed by atoms with Gasteiger partial charge in [-0.3, -0.25) is 4.79 Å². The van der Waals surface area contributed by atoms with Crippen molar-refractivity contribution in [3.63, 3.8) is 0 Å². The van der Waals surface area contributed by atoms with Crippen LogP contribution in [-0.2, 0) is 4.79 Å². The predicted octanol–water partition coefficient (Wildman–Crippen LogP) is 0.0564. The number of primary amides is 1. The number of aromatic nitrogens is 1. The van der Waals surface area contributed by atoms with E-state index in [1.165, 1.54) is 0 Å². The van der Waals surface area contributed by atoms with Gasteiger partial charge < -0.3 is 15.7 Å². The number of rotatable bonds is 4. The fourth-order valence-electron chi connectivity index (χ4n) is 1.19. The van der Waals surface area contributed by atoms with Gasteiger partial charge in [0.25, 0.3) is 0 Å². The van der Waals surface area contributed by atoms with Crippen LogP contribution in [0.25, 0.3) is 0 Å². The topological polar surface area (TPSA) is 79.5 Å². The summed E-state index contributed by atoms with van der Waals surface area (Å²) in [4.78, 5) is 16.4. The molecule has 0 saturated heterocycles. The number of carbonyl (C=O) groups is 1. The van der Waals surface area contributed by atoms with E-state index in [4.69, 9.17) is 5.73 Å². The highest BCUT2D eigenvalue weighted by Gasteiger charge is 2.06. The van der Waals surface area contributed by atoms with E-state index in [-0.39, 0.29) is 6.54 Å². The molecule has 0 bridgehead atoms. The van der Waals surface area contributed by atoms with Crippen molar-refractivity contribution < 1.29 is 9.90 Å². The zero-order chi connectivity index (χ0) is 11.4. The molecule has 1 aromatic rings. The molecule has 0 aromatic carbocycles. The van der Waals surface area contributed by atoms with Crippen molar-refractivity contribution in [1.29, 1.82) is 0 Å². The molecule has 0 saturated carbocycles. The minimum Gasteiger partial charge on any atom is -0.389 e. The molecular formula is C10H15N3O2. The Bertz CT molecular complexity index is 335. The second-order valence-corrected chi connectivity index (χ2v) is 3.45. The molecule has 1 rings (SSSR count). The Labute approximate surface area is 88.5 Å². The van der Waals surface area contributed by atoms with E-state index >= 15 is 0 Å². The summed E-state index contributed by atoms with van der Waals surface area (Å²) in [6, 6.07) is 3.51. The van der Waals surface area contributed by atoms with Crippen LogP contribution < -0.4 is 10.6 Å².